The van der Waals surface area contributed by atoms with Crippen LogP contribution in [0.25, 0.3) is 0 Å². The van der Waals surface area contributed by atoms with Crippen LogP contribution in [0.3, 0.4) is 0 Å². The van der Waals surface area contributed by atoms with Crippen molar-refractivity contribution in [2.24, 2.45) is 4.99 Å². The molecule has 0 fully saturated rings. The Hall–Kier alpha value is -3.05. The minimum absolute atomic E-state index is 0.244. The molecule has 31 heavy (non-hydrogen) atoms. The maximum Gasteiger partial charge on any atom is 0.417 e. The SMILES string of the molecule is O=S(=O)(c1ccccc1)C(C=Nc1ccc(C(F)(F)F)cn1)S(=O)(=O)c1ccccc1. The molecule has 0 amide bonds. The summed E-state index contributed by atoms with van der Waals surface area (Å²) in [5.41, 5.74) is -1.02. The molecule has 0 unspecified atom stereocenters. The predicted molar refractivity (Wildman–Crippen MR) is 108 cm³/mol. The van der Waals surface area contributed by atoms with Crippen molar-refractivity contribution in [2.45, 2.75) is 20.5 Å². The van der Waals surface area contributed by atoms with Crippen molar-refractivity contribution in [3.05, 3.63) is 84.6 Å². The number of aromatic nitrogens is 1. The van der Waals surface area contributed by atoms with E-state index >= 15 is 0 Å². The van der Waals surface area contributed by atoms with Gasteiger partial charge in [-0.25, -0.2) is 26.8 Å². The molecule has 0 aliphatic rings. The Labute approximate surface area is 177 Å². The lowest BCUT2D eigenvalue weighted by Crippen LogP contribution is -2.32. The van der Waals surface area contributed by atoms with Crippen molar-refractivity contribution in [1.82, 2.24) is 4.98 Å². The Morgan fingerprint density at radius 3 is 1.65 bits per heavy atom. The molecule has 0 saturated heterocycles. The van der Waals surface area contributed by atoms with Gasteiger partial charge in [0.2, 0.25) is 24.3 Å². The average Bonchev–Trinajstić information content (AvgIpc) is 2.74. The highest BCUT2D eigenvalue weighted by molar-refractivity contribution is 8.10. The number of hydrogen-bond donors (Lipinski definition) is 0. The van der Waals surface area contributed by atoms with Crippen LogP contribution >= 0.6 is 0 Å². The van der Waals surface area contributed by atoms with Crippen molar-refractivity contribution in [3.8, 4) is 0 Å². The van der Waals surface area contributed by atoms with Crippen molar-refractivity contribution in [3.63, 3.8) is 0 Å². The molecule has 11 heteroatoms. The summed E-state index contributed by atoms with van der Waals surface area (Å²) in [4.78, 5) is 6.78. The van der Waals surface area contributed by atoms with Gasteiger partial charge in [-0.05, 0) is 36.4 Å². The van der Waals surface area contributed by atoms with Crippen molar-refractivity contribution >= 4 is 31.7 Å². The van der Waals surface area contributed by atoms with E-state index in [4.69, 9.17) is 0 Å². The summed E-state index contributed by atoms with van der Waals surface area (Å²) >= 11 is 0. The van der Waals surface area contributed by atoms with Gasteiger partial charge >= 0.3 is 6.18 Å². The highest BCUT2D eigenvalue weighted by Crippen LogP contribution is 2.29. The molecule has 2 aromatic carbocycles. The summed E-state index contributed by atoms with van der Waals surface area (Å²) in [7, 11) is -8.91. The van der Waals surface area contributed by atoms with E-state index in [0.29, 0.717) is 18.5 Å². The average molecular weight is 468 g/mol. The standard InChI is InChI=1S/C20H15F3N2O4S2/c21-20(22,23)15-11-12-18(24-13-15)25-14-19(30(26,27)16-7-3-1-4-8-16)31(28,29)17-9-5-2-6-10-17/h1-14,19H. The molecule has 3 rings (SSSR count). The van der Waals surface area contributed by atoms with E-state index in [1.165, 1.54) is 48.5 Å². The number of aliphatic imine (C=N–C) groups is 1. The molecular weight excluding hydrogens is 453 g/mol. The van der Waals surface area contributed by atoms with Gasteiger partial charge in [0.05, 0.1) is 15.4 Å². The van der Waals surface area contributed by atoms with Crippen LogP contribution in [0.1, 0.15) is 5.56 Å². The van der Waals surface area contributed by atoms with Gasteiger partial charge in [-0.3, -0.25) is 0 Å². The predicted octanol–water partition coefficient (Wildman–Crippen LogP) is 4.08. The lowest BCUT2D eigenvalue weighted by atomic mass is 10.3. The molecular formula is C20H15F3N2O4S2. The Kier molecular flexibility index (Phi) is 6.27. The first-order valence-corrected chi connectivity index (χ1v) is 11.8. The summed E-state index contributed by atoms with van der Waals surface area (Å²) in [5, 5.41) is 0. The normalized spacial score (nSPS) is 13.0. The lowest BCUT2D eigenvalue weighted by molar-refractivity contribution is -0.137. The number of halogens is 3. The zero-order valence-electron chi connectivity index (χ0n) is 15.6. The molecule has 3 aromatic rings. The first kappa shape index (κ1) is 22.6. The Bertz CT molecular complexity index is 1210. The third-order valence-electron chi connectivity index (χ3n) is 4.16. The smallest absolute Gasteiger partial charge is 0.239 e. The fraction of sp³-hybridized carbons (Fsp3) is 0.100. The van der Waals surface area contributed by atoms with Crippen LogP contribution in [0.5, 0.6) is 0 Å². The second-order valence-corrected chi connectivity index (χ2v) is 10.7. The van der Waals surface area contributed by atoms with Gasteiger partial charge in [0.1, 0.15) is 0 Å². The fourth-order valence-corrected chi connectivity index (χ4v) is 6.64. The third kappa shape index (κ3) is 5.00. The molecule has 6 nitrogen and oxygen atoms in total. The Morgan fingerprint density at radius 2 is 1.26 bits per heavy atom. The van der Waals surface area contributed by atoms with E-state index in [0.717, 1.165) is 6.07 Å². The van der Waals surface area contributed by atoms with Gasteiger partial charge in [-0.1, -0.05) is 36.4 Å². The summed E-state index contributed by atoms with van der Waals surface area (Å²) in [6.07, 6.45) is -3.41. The summed E-state index contributed by atoms with van der Waals surface area (Å²) < 4.78 is 88.4. The van der Waals surface area contributed by atoms with E-state index in [2.05, 4.69) is 9.98 Å². The summed E-state index contributed by atoms with van der Waals surface area (Å²) in [6, 6.07) is 15.5. The molecule has 0 saturated carbocycles. The van der Waals surface area contributed by atoms with Crippen molar-refractivity contribution < 1.29 is 30.0 Å². The van der Waals surface area contributed by atoms with Crippen molar-refractivity contribution in [2.75, 3.05) is 0 Å². The topological polar surface area (TPSA) is 93.5 Å². The number of nitrogens with zero attached hydrogens (tertiary/aromatic N) is 2. The van der Waals surface area contributed by atoms with Crippen LogP contribution in [-0.2, 0) is 25.9 Å². The van der Waals surface area contributed by atoms with Crippen LogP contribution in [0.4, 0.5) is 19.0 Å². The second kappa shape index (κ2) is 8.60. The van der Waals surface area contributed by atoms with Gasteiger partial charge in [-0.2, -0.15) is 13.2 Å². The molecule has 0 N–H and O–H groups in total. The van der Waals surface area contributed by atoms with Crippen molar-refractivity contribution in [1.29, 1.82) is 0 Å². The quantitative estimate of drug-likeness (QED) is 0.509. The van der Waals surface area contributed by atoms with Gasteiger partial charge in [-0.15, -0.1) is 0 Å². The van der Waals surface area contributed by atoms with E-state index in [1.54, 1.807) is 12.1 Å². The molecule has 162 valence electrons. The van der Waals surface area contributed by atoms with E-state index in [9.17, 15) is 30.0 Å². The summed E-state index contributed by atoms with van der Waals surface area (Å²) in [5.74, 6) is -0.274. The van der Waals surface area contributed by atoms with Crippen LogP contribution < -0.4 is 0 Å². The highest BCUT2D eigenvalue weighted by atomic mass is 32.3. The lowest BCUT2D eigenvalue weighted by Gasteiger charge is -2.15. The molecule has 0 spiro atoms. The van der Waals surface area contributed by atoms with Crippen LogP contribution in [0.2, 0.25) is 0 Å². The van der Waals surface area contributed by atoms with Crippen LogP contribution in [0.15, 0.2) is 93.8 Å². The molecule has 0 atom stereocenters. The highest BCUT2D eigenvalue weighted by Gasteiger charge is 2.39. The molecule has 0 aliphatic heterocycles. The van der Waals surface area contributed by atoms with Crippen LogP contribution in [-0.4, -0.2) is 32.6 Å². The minimum Gasteiger partial charge on any atom is -0.239 e. The molecule has 1 heterocycles. The second-order valence-electron chi connectivity index (χ2n) is 6.27. The number of hydrogen-bond acceptors (Lipinski definition) is 6. The maximum atomic E-state index is 13.1. The number of sulfone groups is 2. The van der Waals surface area contributed by atoms with E-state index in [1.807, 2.05) is 0 Å². The van der Waals surface area contributed by atoms with Gasteiger partial charge < -0.3 is 0 Å². The molecule has 1 aromatic heterocycles. The minimum atomic E-state index is -4.61. The summed E-state index contributed by atoms with van der Waals surface area (Å²) in [6.45, 7) is 0. The number of alkyl halides is 3. The Balaban J connectivity index is 2.08. The zero-order chi connectivity index (χ0) is 22.7. The molecule has 0 aliphatic carbocycles. The van der Waals surface area contributed by atoms with Gasteiger partial charge in [0, 0.05) is 12.4 Å². The first-order valence-electron chi connectivity index (χ1n) is 8.68. The largest absolute Gasteiger partial charge is 0.417 e. The zero-order valence-corrected chi connectivity index (χ0v) is 17.3. The van der Waals surface area contributed by atoms with E-state index in [-0.39, 0.29) is 15.6 Å². The maximum absolute atomic E-state index is 13.1. The van der Waals surface area contributed by atoms with E-state index < -0.39 is 36.0 Å². The number of rotatable bonds is 6. The molecule has 0 radical (unpaired) electrons. The fourth-order valence-electron chi connectivity index (χ4n) is 2.58. The Morgan fingerprint density at radius 1 is 0.774 bits per heavy atom. The van der Waals surface area contributed by atoms with Gasteiger partial charge in [0.15, 0.2) is 5.82 Å². The van der Waals surface area contributed by atoms with Crippen LogP contribution in [0, 0.1) is 0 Å². The molecule has 0 bridgehead atoms. The first-order chi connectivity index (χ1) is 14.5. The van der Waals surface area contributed by atoms with Gasteiger partial charge in [0.25, 0.3) is 0 Å². The number of benzene rings is 2. The monoisotopic (exact) mass is 468 g/mol. The number of pyridine rings is 1. The third-order valence-corrected chi connectivity index (χ3v) is 9.00.